The minimum atomic E-state index is -5.78. The second-order valence-corrected chi connectivity index (χ2v) is 8.68. The fourth-order valence-electron chi connectivity index (χ4n) is 2.74. The molecule has 0 radical (unpaired) electrons. The Labute approximate surface area is 178 Å². The van der Waals surface area contributed by atoms with Crippen LogP contribution in [0.1, 0.15) is 22.3 Å². The number of esters is 1. The number of thioether (sulfide) groups is 1. The van der Waals surface area contributed by atoms with Crippen molar-refractivity contribution in [1.82, 2.24) is 4.57 Å². The number of thiophene rings is 1. The van der Waals surface area contributed by atoms with Crippen molar-refractivity contribution in [3.05, 3.63) is 40.7 Å². The van der Waals surface area contributed by atoms with E-state index in [2.05, 4.69) is 0 Å². The van der Waals surface area contributed by atoms with E-state index in [4.69, 9.17) is 4.74 Å². The highest BCUT2D eigenvalue weighted by Crippen LogP contribution is 2.49. The molecule has 3 rings (SSSR count). The van der Waals surface area contributed by atoms with Gasteiger partial charge in [0.15, 0.2) is 17.3 Å². The molecular weight excluding hydrogens is 472 g/mol. The Morgan fingerprint density at radius 1 is 1.13 bits per heavy atom. The molecule has 0 spiro atoms. The molecule has 3 aromatic rings. The number of phenols is 1. The van der Waals surface area contributed by atoms with E-state index < -0.39 is 50.8 Å². The second-order valence-electron chi connectivity index (χ2n) is 6.18. The molecule has 0 saturated carbocycles. The van der Waals surface area contributed by atoms with Crippen LogP contribution in [0.5, 0.6) is 11.5 Å². The minimum Gasteiger partial charge on any atom is -0.505 e. The number of hydrogen-bond acceptors (Lipinski definition) is 6. The van der Waals surface area contributed by atoms with Crippen LogP contribution in [0.3, 0.4) is 0 Å². The normalized spacial score (nSPS) is 12.4. The molecule has 0 amide bonds. The number of halogens is 6. The summed E-state index contributed by atoms with van der Waals surface area (Å²) < 4.78 is 83.7. The van der Waals surface area contributed by atoms with Crippen LogP contribution in [0.25, 0.3) is 10.9 Å². The zero-order chi connectivity index (χ0) is 23.3. The lowest BCUT2D eigenvalue weighted by molar-refractivity contribution is -0.237. The molecule has 0 aliphatic rings. The number of ether oxygens (including phenoxy) is 1. The molecule has 5 nitrogen and oxygen atoms in total. The molecule has 2 heterocycles. The lowest BCUT2D eigenvalue weighted by Crippen LogP contribution is -2.32. The quantitative estimate of drug-likeness (QED) is 0.292. The van der Waals surface area contributed by atoms with Crippen molar-refractivity contribution >= 4 is 45.9 Å². The molecule has 31 heavy (non-hydrogen) atoms. The van der Waals surface area contributed by atoms with Gasteiger partial charge in [0.2, 0.25) is 0 Å². The molecule has 0 aliphatic heterocycles. The smallest absolute Gasteiger partial charge is 0.464 e. The molecule has 0 fully saturated rings. The van der Waals surface area contributed by atoms with Gasteiger partial charge in [0, 0.05) is 6.92 Å². The fourth-order valence-corrected chi connectivity index (χ4v) is 4.66. The summed E-state index contributed by atoms with van der Waals surface area (Å²) in [5.41, 5.74) is -0.139. The lowest BCUT2D eigenvalue weighted by atomic mass is 10.2. The molecule has 0 unspecified atom stereocenters. The maximum atomic E-state index is 14.5. The van der Waals surface area contributed by atoms with E-state index >= 15 is 0 Å². The predicted molar refractivity (Wildman–Crippen MR) is 101 cm³/mol. The number of carbonyl (C=O) groups is 2. The van der Waals surface area contributed by atoms with Gasteiger partial charge in [-0.25, -0.2) is 4.39 Å². The summed E-state index contributed by atoms with van der Waals surface area (Å²) in [5, 5.41) is 4.21. The molecule has 0 atom stereocenters. The van der Waals surface area contributed by atoms with Gasteiger partial charge in [-0.15, -0.1) is 11.3 Å². The Hall–Kier alpha value is -2.67. The number of aromatic nitrogens is 1. The number of fused-ring (bicyclic) bond motifs is 1. The van der Waals surface area contributed by atoms with Crippen LogP contribution >= 0.6 is 23.1 Å². The summed E-state index contributed by atoms with van der Waals surface area (Å²) in [5.74, 6) is -3.97. The van der Waals surface area contributed by atoms with Crippen molar-refractivity contribution in [3.63, 3.8) is 0 Å². The SMILES string of the molecule is CC(=O)Oc1c(C)n(C(=O)c2ccc(SC(F)(F)C(F)(F)F)s2)c2ccc(O)c(F)c12. The number of carbonyl (C=O) groups excluding carboxylic acids is 2. The first-order chi connectivity index (χ1) is 14.2. The molecule has 0 saturated heterocycles. The minimum absolute atomic E-state index is 0.0390. The monoisotopic (exact) mass is 483 g/mol. The third-order valence-electron chi connectivity index (χ3n) is 4.03. The highest BCUT2D eigenvalue weighted by molar-refractivity contribution is 8.02. The summed E-state index contributed by atoms with van der Waals surface area (Å²) in [6.45, 7) is 2.35. The number of phenolic OH excluding ortho intramolecular Hbond substituents is 1. The van der Waals surface area contributed by atoms with Crippen molar-refractivity contribution < 1.29 is 45.8 Å². The van der Waals surface area contributed by atoms with Gasteiger partial charge < -0.3 is 9.84 Å². The van der Waals surface area contributed by atoms with Gasteiger partial charge in [0.25, 0.3) is 5.91 Å². The fraction of sp³-hybridized carbons (Fsp3) is 0.222. The van der Waals surface area contributed by atoms with E-state index in [1.165, 1.54) is 13.0 Å². The third kappa shape index (κ3) is 4.11. The number of alkyl halides is 5. The van der Waals surface area contributed by atoms with E-state index in [1.54, 1.807) is 0 Å². The van der Waals surface area contributed by atoms with Gasteiger partial charge in [-0.1, -0.05) is 0 Å². The van der Waals surface area contributed by atoms with Gasteiger partial charge in [-0.3, -0.25) is 14.2 Å². The standard InChI is InChI=1S/C18H11F6NO4S2/c1-7-15(29-8(2)26)13-9(3-4-10(27)14(13)19)25(7)16(28)11-5-6-12(30-11)31-18(23,24)17(20,21)22/h3-6,27H,1-2H3. The number of benzene rings is 1. The first kappa shape index (κ1) is 23.0. The molecule has 0 aliphatic carbocycles. The summed E-state index contributed by atoms with van der Waals surface area (Å²) in [6, 6.07) is 4.11. The van der Waals surface area contributed by atoms with Crippen LogP contribution < -0.4 is 4.74 Å². The topological polar surface area (TPSA) is 68.5 Å². The van der Waals surface area contributed by atoms with Gasteiger partial charge in [-0.05, 0) is 43.0 Å². The van der Waals surface area contributed by atoms with Crippen LogP contribution in [0.4, 0.5) is 26.3 Å². The zero-order valence-corrected chi connectivity index (χ0v) is 17.1. The highest BCUT2D eigenvalue weighted by atomic mass is 32.2. The Balaban J connectivity index is 2.08. The Kier molecular flexibility index (Phi) is 5.78. The van der Waals surface area contributed by atoms with Crippen molar-refractivity contribution in [2.24, 2.45) is 0 Å². The Morgan fingerprint density at radius 2 is 1.77 bits per heavy atom. The highest BCUT2D eigenvalue weighted by Gasteiger charge is 2.58. The maximum Gasteiger partial charge on any atom is 0.464 e. The maximum absolute atomic E-state index is 14.5. The summed E-state index contributed by atoms with van der Waals surface area (Å²) in [6.07, 6.45) is -5.78. The number of nitrogens with zero attached hydrogens (tertiary/aromatic N) is 1. The van der Waals surface area contributed by atoms with Gasteiger partial charge in [0.1, 0.15) is 0 Å². The lowest BCUT2D eigenvalue weighted by Gasteiger charge is -2.17. The average molecular weight is 483 g/mol. The Bertz CT molecular complexity index is 1200. The number of rotatable bonds is 4. The van der Waals surface area contributed by atoms with Crippen molar-refractivity contribution in [2.45, 2.75) is 29.5 Å². The van der Waals surface area contributed by atoms with Gasteiger partial charge in [0.05, 0.1) is 25.7 Å². The molecular formula is C18H11F6NO4S2. The second kappa shape index (κ2) is 7.79. The number of aromatic hydroxyl groups is 1. The molecule has 13 heteroatoms. The first-order valence-electron chi connectivity index (χ1n) is 8.23. The molecule has 2 aromatic heterocycles. The summed E-state index contributed by atoms with van der Waals surface area (Å²) in [7, 11) is 0. The van der Waals surface area contributed by atoms with Crippen molar-refractivity contribution in [1.29, 1.82) is 0 Å². The average Bonchev–Trinajstić information content (AvgIpc) is 3.19. The van der Waals surface area contributed by atoms with E-state index in [-0.39, 0.29) is 27.2 Å². The zero-order valence-electron chi connectivity index (χ0n) is 15.5. The van der Waals surface area contributed by atoms with Gasteiger partial charge in [-0.2, -0.15) is 22.0 Å². The van der Waals surface area contributed by atoms with Gasteiger partial charge >= 0.3 is 17.4 Å². The van der Waals surface area contributed by atoms with E-state index in [1.807, 2.05) is 0 Å². The molecule has 1 aromatic carbocycles. The molecule has 166 valence electrons. The summed E-state index contributed by atoms with van der Waals surface area (Å²) >= 11 is -0.363. The predicted octanol–water partition coefficient (Wildman–Crippen LogP) is 5.72. The first-order valence-corrected chi connectivity index (χ1v) is 9.87. The third-order valence-corrected chi connectivity index (χ3v) is 6.22. The van der Waals surface area contributed by atoms with Crippen LogP contribution in [0, 0.1) is 12.7 Å². The van der Waals surface area contributed by atoms with E-state index in [0.29, 0.717) is 11.3 Å². The van der Waals surface area contributed by atoms with Crippen molar-refractivity contribution in [2.75, 3.05) is 0 Å². The summed E-state index contributed by atoms with van der Waals surface area (Å²) in [4.78, 5) is 24.2. The van der Waals surface area contributed by atoms with Crippen LogP contribution in [0.15, 0.2) is 28.5 Å². The van der Waals surface area contributed by atoms with E-state index in [9.17, 15) is 41.0 Å². The largest absolute Gasteiger partial charge is 0.505 e. The van der Waals surface area contributed by atoms with Crippen molar-refractivity contribution in [3.8, 4) is 11.5 Å². The number of hydrogen-bond donors (Lipinski definition) is 1. The van der Waals surface area contributed by atoms with E-state index in [0.717, 1.165) is 29.7 Å². The van der Waals surface area contributed by atoms with Crippen LogP contribution in [-0.4, -0.2) is 33.0 Å². The molecule has 1 N–H and O–H groups in total. The van der Waals surface area contributed by atoms with Crippen LogP contribution in [0.2, 0.25) is 0 Å². The van der Waals surface area contributed by atoms with Crippen LogP contribution in [-0.2, 0) is 4.79 Å². The molecule has 0 bridgehead atoms. The Morgan fingerprint density at radius 3 is 2.35 bits per heavy atom.